The van der Waals surface area contributed by atoms with E-state index in [2.05, 4.69) is 5.32 Å². The van der Waals surface area contributed by atoms with Gasteiger partial charge in [-0.3, -0.25) is 13.9 Å². The Hall–Kier alpha value is -3.72. The number of benzene rings is 3. The van der Waals surface area contributed by atoms with Gasteiger partial charge in [0.2, 0.25) is 11.8 Å². The van der Waals surface area contributed by atoms with Crippen LogP contribution in [0.2, 0.25) is 0 Å². The molecule has 3 rings (SSSR count). The van der Waals surface area contributed by atoms with Crippen molar-refractivity contribution in [1.82, 2.24) is 10.2 Å². The molecule has 1 atom stereocenters. The molecule has 0 aliphatic rings. The second-order valence-corrected chi connectivity index (χ2v) is 10.5. The van der Waals surface area contributed by atoms with Gasteiger partial charge in [-0.1, -0.05) is 55.0 Å². The van der Waals surface area contributed by atoms with Gasteiger partial charge in [0, 0.05) is 13.1 Å². The van der Waals surface area contributed by atoms with Crippen LogP contribution in [-0.4, -0.2) is 44.3 Å². The lowest BCUT2D eigenvalue weighted by Crippen LogP contribution is -2.52. The Balaban J connectivity index is 2.03. The molecule has 1 N–H and O–H groups in total. The number of hydrogen-bond acceptors (Lipinski definition) is 4. The Labute approximate surface area is 218 Å². The van der Waals surface area contributed by atoms with Crippen LogP contribution in [0.25, 0.3) is 0 Å². The summed E-state index contributed by atoms with van der Waals surface area (Å²) in [4.78, 5) is 28.1. The number of carbonyl (C=O) groups excluding carboxylic acids is 2. The summed E-state index contributed by atoms with van der Waals surface area (Å²) in [5.74, 6) is -1.31. The lowest BCUT2D eigenvalue weighted by atomic mass is 10.1. The van der Waals surface area contributed by atoms with E-state index in [1.807, 2.05) is 6.92 Å². The summed E-state index contributed by atoms with van der Waals surface area (Å²) in [6.07, 6.45) is 0.314. The molecule has 0 radical (unpaired) electrons. The van der Waals surface area contributed by atoms with Gasteiger partial charge in [0.15, 0.2) is 0 Å². The molecule has 0 saturated carbocycles. The molecule has 3 aromatic rings. The average Bonchev–Trinajstić information content (AvgIpc) is 2.89. The summed E-state index contributed by atoms with van der Waals surface area (Å²) in [5, 5.41) is 2.75. The lowest BCUT2D eigenvalue weighted by molar-refractivity contribution is -0.140. The smallest absolute Gasteiger partial charge is 0.264 e. The van der Waals surface area contributed by atoms with Crippen molar-refractivity contribution in [1.29, 1.82) is 0 Å². The first kappa shape index (κ1) is 27.9. The van der Waals surface area contributed by atoms with Crippen molar-refractivity contribution < 1.29 is 22.4 Å². The maximum atomic E-state index is 13.8. The normalized spacial score (nSPS) is 12.0. The van der Waals surface area contributed by atoms with E-state index in [4.69, 9.17) is 0 Å². The van der Waals surface area contributed by atoms with E-state index in [-0.39, 0.29) is 17.3 Å². The number of anilines is 1. The van der Waals surface area contributed by atoms with Crippen molar-refractivity contribution in [3.05, 3.63) is 95.8 Å². The van der Waals surface area contributed by atoms with Crippen LogP contribution in [0, 0.1) is 12.7 Å². The summed E-state index contributed by atoms with van der Waals surface area (Å²) in [6.45, 7) is 5.32. The summed E-state index contributed by atoms with van der Waals surface area (Å²) >= 11 is 0. The van der Waals surface area contributed by atoms with Crippen LogP contribution >= 0.6 is 0 Å². The fourth-order valence-electron chi connectivity index (χ4n) is 3.96. The Morgan fingerprint density at radius 1 is 0.919 bits per heavy atom. The Bertz CT molecular complexity index is 1300. The van der Waals surface area contributed by atoms with E-state index >= 15 is 0 Å². The number of nitrogens with zero attached hydrogens (tertiary/aromatic N) is 2. The number of likely N-dealkylation sites (N-methyl/N-ethyl adjacent to an activating group) is 1. The molecular weight excluding hydrogens is 493 g/mol. The molecular formula is C28H32FN3O4S. The minimum atomic E-state index is -4.10. The van der Waals surface area contributed by atoms with E-state index in [1.165, 1.54) is 29.2 Å². The minimum absolute atomic E-state index is 0.0158. The zero-order valence-electron chi connectivity index (χ0n) is 21.2. The highest BCUT2D eigenvalue weighted by Gasteiger charge is 2.33. The largest absolute Gasteiger partial charge is 0.355 e. The Morgan fingerprint density at radius 2 is 1.54 bits per heavy atom. The van der Waals surface area contributed by atoms with Gasteiger partial charge in [-0.05, 0) is 62.2 Å². The maximum Gasteiger partial charge on any atom is 0.264 e. The van der Waals surface area contributed by atoms with Crippen molar-refractivity contribution in [3.63, 3.8) is 0 Å². The maximum absolute atomic E-state index is 13.8. The molecule has 0 saturated heterocycles. The predicted molar refractivity (Wildman–Crippen MR) is 142 cm³/mol. The quantitative estimate of drug-likeness (QED) is 0.405. The Morgan fingerprint density at radius 3 is 2.11 bits per heavy atom. The molecule has 3 aromatic carbocycles. The van der Waals surface area contributed by atoms with Crippen LogP contribution < -0.4 is 9.62 Å². The van der Waals surface area contributed by atoms with Gasteiger partial charge in [0.05, 0.1) is 10.6 Å². The van der Waals surface area contributed by atoms with Gasteiger partial charge < -0.3 is 10.2 Å². The predicted octanol–water partition coefficient (Wildman–Crippen LogP) is 4.27. The minimum Gasteiger partial charge on any atom is -0.355 e. The molecule has 0 heterocycles. The summed E-state index contributed by atoms with van der Waals surface area (Å²) < 4.78 is 41.9. The van der Waals surface area contributed by atoms with Crippen LogP contribution in [-0.2, 0) is 26.2 Å². The number of halogens is 1. The zero-order chi connectivity index (χ0) is 27.0. The molecule has 0 aromatic heterocycles. The first-order valence-electron chi connectivity index (χ1n) is 12.1. The van der Waals surface area contributed by atoms with E-state index in [1.54, 1.807) is 68.4 Å². The highest BCUT2D eigenvalue weighted by molar-refractivity contribution is 7.92. The molecule has 196 valence electrons. The fourth-order valence-corrected chi connectivity index (χ4v) is 5.39. The monoisotopic (exact) mass is 525 g/mol. The number of rotatable bonds is 11. The fraction of sp³-hybridized carbons (Fsp3) is 0.286. The second kappa shape index (κ2) is 12.5. The lowest BCUT2D eigenvalue weighted by Gasteiger charge is -2.33. The van der Waals surface area contributed by atoms with Crippen molar-refractivity contribution in [2.24, 2.45) is 0 Å². The summed E-state index contributed by atoms with van der Waals surface area (Å²) in [7, 11) is -4.10. The van der Waals surface area contributed by atoms with E-state index < -0.39 is 34.3 Å². The van der Waals surface area contributed by atoms with Crippen LogP contribution in [0.1, 0.15) is 31.4 Å². The van der Waals surface area contributed by atoms with Crippen LogP contribution in [0.4, 0.5) is 10.1 Å². The summed E-state index contributed by atoms with van der Waals surface area (Å²) in [5.41, 5.74) is 1.88. The molecule has 37 heavy (non-hydrogen) atoms. The number of nitrogens with one attached hydrogen (secondary N) is 1. The van der Waals surface area contributed by atoms with Crippen molar-refractivity contribution in [2.75, 3.05) is 17.4 Å². The van der Waals surface area contributed by atoms with E-state index in [0.29, 0.717) is 24.2 Å². The van der Waals surface area contributed by atoms with Crippen LogP contribution in [0.15, 0.2) is 83.8 Å². The molecule has 0 aliphatic carbocycles. The van der Waals surface area contributed by atoms with E-state index in [0.717, 1.165) is 9.87 Å². The van der Waals surface area contributed by atoms with Crippen molar-refractivity contribution in [3.8, 4) is 0 Å². The molecule has 0 unspecified atom stereocenters. The third-order valence-corrected chi connectivity index (χ3v) is 7.72. The molecule has 0 aliphatic heterocycles. The second-order valence-electron chi connectivity index (χ2n) is 8.63. The first-order valence-corrected chi connectivity index (χ1v) is 13.6. The van der Waals surface area contributed by atoms with Gasteiger partial charge in [-0.15, -0.1) is 0 Å². The number of sulfonamides is 1. The van der Waals surface area contributed by atoms with Gasteiger partial charge >= 0.3 is 0 Å². The summed E-state index contributed by atoms with van der Waals surface area (Å²) in [6, 6.07) is 19.5. The van der Waals surface area contributed by atoms with Crippen LogP contribution in [0.5, 0.6) is 0 Å². The molecule has 9 heteroatoms. The highest BCUT2D eigenvalue weighted by atomic mass is 32.2. The van der Waals surface area contributed by atoms with Gasteiger partial charge in [0.1, 0.15) is 18.4 Å². The third-order valence-electron chi connectivity index (χ3n) is 5.94. The topological polar surface area (TPSA) is 86.8 Å². The standard InChI is InChI=1S/C28H32FN3O4S/c1-4-26(28(34)30-5-2)31(19-22-13-15-23(29)16-14-22)27(33)20-32(24-17-11-21(3)12-18-24)37(35,36)25-9-7-6-8-10-25/h6-18,26H,4-5,19-20H2,1-3H3,(H,30,34)/t26-/m0/s1. The number of carbonyl (C=O) groups is 2. The van der Waals surface area contributed by atoms with Gasteiger partial charge in [0.25, 0.3) is 10.0 Å². The van der Waals surface area contributed by atoms with E-state index in [9.17, 15) is 22.4 Å². The molecule has 2 amide bonds. The molecule has 0 spiro atoms. The number of aryl methyl sites for hydroxylation is 1. The SMILES string of the molecule is CCNC(=O)[C@H](CC)N(Cc1ccc(F)cc1)C(=O)CN(c1ccc(C)cc1)S(=O)(=O)c1ccccc1. The number of hydrogen-bond donors (Lipinski definition) is 1. The van der Waals surface area contributed by atoms with Crippen molar-refractivity contribution >= 4 is 27.5 Å². The molecule has 0 fully saturated rings. The zero-order valence-corrected chi connectivity index (χ0v) is 22.0. The number of amides is 2. The first-order chi connectivity index (χ1) is 17.7. The average molecular weight is 526 g/mol. The van der Waals surface area contributed by atoms with Gasteiger partial charge in [-0.2, -0.15) is 0 Å². The van der Waals surface area contributed by atoms with Gasteiger partial charge in [-0.25, -0.2) is 12.8 Å². The van der Waals surface area contributed by atoms with Crippen LogP contribution in [0.3, 0.4) is 0 Å². The Kier molecular flexibility index (Phi) is 9.41. The molecule has 7 nitrogen and oxygen atoms in total. The third kappa shape index (κ3) is 6.95. The van der Waals surface area contributed by atoms with Crippen molar-refractivity contribution in [2.45, 2.75) is 44.7 Å². The highest BCUT2D eigenvalue weighted by Crippen LogP contribution is 2.25. The molecule has 0 bridgehead atoms.